The summed E-state index contributed by atoms with van der Waals surface area (Å²) in [6, 6.07) is 10.2. The van der Waals surface area contributed by atoms with Crippen molar-refractivity contribution in [1.29, 1.82) is 0 Å². The van der Waals surface area contributed by atoms with Gasteiger partial charge in [-0.05, 0) is 37.5 Å². The maximum absolute atomic E-state index is 12.4. The fourth-order valence-corrected chi connectivity index (χ4v) is 3.71. The van der Waals surface area contributed by atoms with Gasteiger partial charge in [0.05, 0.1) is 11.3 Å². The van der Waals surface area contributed by atoms with Crippen molar-refractivity contribution in [3.05, 3.63) is 59.8 Å². The second-order valence-electron chi connectivity index (χ2n) is 6.25. The minimum atomic E-state index is -3.38. The predicted octanol–water partition coefficient (Wildman–Crippen LogP) is 1.62. The normalized spacial score (nSPS) is 19.5. The molecule has 0 saturated carbocycles. The number of nitrogens with one attached hydrogen (secondary N) is 1. The van der Waals surface area contributed by atoms with E-state index in [1.807, 2.05) is 25.1 Å². The zero-order valence-corrected chi connectivity index (χ0v) is 14.9. The summed E-state index contributed by atoms with van der Waals surface area (Å²) >= 11 is 0. The van der Waals surface area contributed by atoms with Gasteiger partial charge in [-0.25, -0.2) is 8.42 Å². The minimum Gasteiger partial charge on any atom is -0.350 e. The molecule has 1 unspecified atom stereocenters. The van der Waals surface area contributed by atoms with E-state index in [9.17, 15) is 13.2 Å². The molecule has 7 heteroatoms. The third-order valence-corrected chi connectivity index (χ3v) is 5.34. The van der Waals surface area contributed by atoms with Gasteiger partial charge >= 0.3 is 0 Å². The monoisotopic (exact) mass is 359 g/mol. The molecule has 0 fully saturated rings. The average Bonchev–Trinajstić information content (AvgIpc) is 2.59. The summed E-state index contributed by atoms with van der Waals surface area (Å²) in [5, 5.41) is 2.99. The number of amidine groups is 1. The molecule has 1 amide bonds. The van der Waals surface area contributed by atoms with Gasteiger partial charge in [-0.1, -0.05) is 30.3 Å². The van der Waals surface area contributed by atoms with Crippen LogP contribution in [0.1, 0.15) is 18.9 Å². The van der Waals surface area contributed by atoms with Gasteiger partial charge in [0.25, 0.3) is 15.9 Å². The Labute approximate surface area is 148 Å². The average molecular weight is 359 g/mol. The second kappa shape index (κ2) is 7.23. The highest BCUT2D eigenvalue weighted by molar-refractivity contribution is 7.90. The van der Waals surface area contributed by atoms with Crippen LogP contribution in [-0.4, -0.2) is 43.4 Å². The lowest BCUT2D eigenvalue weighted by Crippen LogP contribution is -2.39. The molecule has 0 saturated heterocycles. The molecule has 2 aliphatic heterocycles. The summed E-state index contributed by atoms with van der Waals surface area (Å²) in [5.74, 6) is 0.160. The molecule has 6 nitrogen and oxygen atoms in total. The maximum Gasteiger partial charge on any atom is 0.256 e. The summed E-state index contributed by atoms with van der Waals surface area (Å²) in [5.41, 5.74) is 1.75. The van der Waals surface area contributed by atoms with E-state index in [1.165, 1.54) is 5.56 Å². The number of nitrogens with zero attached hydrogens (tertiary/aromatic N) is 2. The van der Waals surface area contributed by atoms with E-state index in [0.29, 0.717) is 18.0 Å². The van der Waals surface area contributed by atoms with Crippen LogP contribution in [0.3, 0.4) is 0 Å². The Bertz CT molecular complexity index is 842. The van der Waals surface area contributed by atoms with Crippen LogP contribution < -0.4 is 5.32 Å². The van der Waals surface area contributed by atoms with Crippen LogP contribution >= 0.6 is 0 Å². The first-order valence-corrected chi connectivity index (χ1v) is 9.88. The van der Waals surface area contributed by atoms with Crippen molar-refractivity contribution in [3.63, 3.8) is 0 Å². The summed E-state index contributed by atoms with van der Waals surface area (Å²) < 4.78 is 26.7. The van der Waals surface area contributed by atoms with E-state index in [4.69, 9.17) is 0 Å². The van der Waals surface area contributed by atoms with Crippen molar-refractivity contribution >= 4 is 21.8 Å². The second-order valence-corrected chi connectivity index (χ2v) is 8.00. The molecule has 1 aromatic carbocycles. The molecule has 1 aromatic rings. The topological polar surface area (TPSA) is 78.8 Å². The van der Waals surface area contributed by atoms with Crippen LogP contribution in [0.15, 0.2) is 58.7 Å². The fraction of sp³-hybridized carbons (Fsp3) is 0.333. The number of fused-ring (bicyclic) bond motifs is 1. The molecule has 1 N–H and O–H groups in total. The van der Waals surface area contributed by atoms with Crippen molar-refractivity contribution in [2.24, 2.45) is 4.40 Å². The molecule has 0 spiro atoms. The van der Waals surface area contributed by atoms with Gasteiger partial charge < -0.3 is 10.2 Å². The highest BCUT2D eigenvalue weighted by Crippen LogP contribution is 2.16. The molecular formula is C18H21N3O3S. The smallest absolute Gasteiger partial charge is 0.256 e. The van der Waals surface area contributed by atoms with Gasteiger partial charge in [0.15, 0.2) is 0 Å². The van der Waals surface area contributed by atoms with Gasteiger partial charge in [0.1, 0.15) is 5.84 Å². The SMILES string of the molecule is CC(CCc1ccccc1)NC(=O)C1=CN2CCS(=O)(=O)N=C2C=C1. The van der Waals surface area contributed by atoms with E-state index < -0.39 is 10.0 Å². The summed E-state index contributed by atoms with van der Waals surface area (Å²) in [4.78, 5) is 14.1. The van der Waals surface area contributed by atoms with Crippen LogP contribution in [0.2, 0.25) is 0 Å². The van der Waals surface area contributed by atoms with Crippen molar-refractivity contribution in [2.75, 3.05) is 12.3 Å². The molecule has 2 aliphatic rings. The molecule has 0 bridgehead atoms. The first kappa shape index (κ1) is 17.4. The maximum atomic E-state index is 12.4. The number of carbonyl (C=O) groups excluding carboxylic acids is 1. The lowest BCUT2D eigenvalue weighted by Gasteiger charge is -2.27. The highest BCUT2D eigenvalue weighted by atomic mass is 32.2. The van der Waals surface area contributed by atoms with Crippen LogP contribution in [0.5, 0.6) is 0 Å². The van der Waals surface area contributed by atoms with Crippen molar-refractivity contribution < 1.29 is 13.2 Å². The first-order valence-electron chi connectivity index (χ1n) is 8.27. The van der Waals surface area contributed by atoms with Crippen LogP contribution in [-0.2, 0) is 21.2 Å². The molecule has 0 radical (unpaired) electrons. The molecule has 2 heterocycles. The van der Waals surface area contributed by atoms with Crippen LogP contribution in [0.25, 0.3) is 0 Å². The number of sulfonamides is 1. The number of hydrogen-bond donors (Lipinski definition) is 1. The molecule has 0 aliphatic carbocycles. The summed E-state index contributed by atoms with van der Waals surface area (Å²) in [6.45, 7) is 2.29. The zero-order valence-electron chi connectivity index (χ0n) is 14.1. The van der Waals surface area contributed by atoms with Gasteiger partial charge in [-0.15, -0.1) is 4.40 Å². The van der Waals surface area contributed by atoms with Crippen molar-refractivity contribution in [3.8, 4) is 0 Å². The molecule has 0 aromatic heterocycles. The predicted molar refractivity (Wildman–Crippen MR) is 97.5 cm³/mol. The third-order valence-electron chi connectivity index (χ3n) is 4.17. The van der Waals surface area contributed by atoms with Gasteiger partial charge in [-0.2, -0.15) is 0 Å². The third kappa shape index (κ3) is 4.57. The summed E-state index contributed by atoms with van der Waals surface area (Å²) in [7, 11) is -3.38. The Morgan fingerprint density at radius 3 is 2.80 bits per heavy atom. The van der Waals surface area contributed by atoms with Gasteiger partial charge in [0, 0.05) is 18.8 Å². The number of carbonyl (C=O) groups is 1. The van der Waals surface area contributed by atoms with E-state index in [-0.39, 0.29) is 17.7 Å². The lowest BCUT2D eigenvalue weighted by atomic mass is 10.1. The molecule has 132 valence electrons. The van der Waals surface area contributed by atoms with E-state index in [2.05, 4.69) is 21.8 Å². The van der Waals surface area contributed by atoms with Crippen molar-refractivity contribution in [2.45, 2.75) is 25.8 Å². The van der Waals surface area contributed by atoms with Crippen LogP contribution in [0.4, 0.5) is 0 Å². The minimum absolute atomic E-state index is 0.0385. The zero-order chi connectivity index (χ0) is 17.9. The Balaban J connectivity index is 1.57. The number of benzene rings is 1. The standard InChI is InChI=1S/C18H21N3O3S/c1-14(7-8-15-5-3-2-4-6-15)19-18(22)16-9-10-17-20-25(23,24)12-11-21(17)13-16/h2-6,9-10,13-14H,7-8,11-12H2,1H3,(H,19,22). The first-order chi connectivity index (χ1) is 11.9. The molecule has 3 rings (SSSR count). The Morgan fingerprint density at radius 2 is 2.04 bits per heavy atom. The van der Waals surface area contributed by atoms with E-state index in [0.717, 1.165) is 12.8 Å². The van der Waals surface area contributed by atoms with E-state index >= 15 is 0 Å². The number of hydrogen-bond acceptors (Lipinski definition) is 4. The Kier molecular flexibility index (Phi) is 5.03. The molecule has 1 atom stereocenters. The number of amides is 1. The lowest BCUT2D eigenvalue weighted by molar-refractivity contribution is -0.117. The van der Waals surface area contributed by atoms with Crippen molar-refractivity contribution in [1.82, 2.24) is 10.2 Å². The quantitative estimate of drug-likeness (QED) is 0.866. The Hall–Kier alpha value is -2.41. The largest absolute Gasteiger partial charge is 0.350 e. The molecule has 25 heavy (non-hydrogen) atoms. The Morgan fingerprint density at radius 1 is 1.28 bits per heavy atom. The van der Waals surface area contributed by atoms with Gasteiger partial charge in [0.2, 0.25) is 0 Å². The number of rotatable bonds is 5. The fourth-order valence-electron chi connectivity index (χ4n) is 2.74. The van der Waals surface area contributed by atoms with Gasteiger partial charge in [-0.3, -0.25) is 4.79 Å². The highest BCUT2D eigenvalue weighted by Gasteiger charge is 2.25. The summed E-state index contributed by atoms with van der Waals surface area (Å²) in [6.07, 6.45) is 6.59. The molecular weight excluding hydrogens is 338 g/mol. The number of aryl methyl sites for hydroxylation is 1. The van der Waals surface area contributed by atoms with E-state index in [1.54, 1.807) is 23.3 Å². The van der Waals surface area contributed by atoms with Crippen LogP contribution in [0, 0.1) is 0 Å².